The minimum atomic E-state index is -0.160. The first kappa shape index (κ1) is 11.7. The Labute approximate surface area is 88.9 Å². The molecule has 0 saturated carbocycles. The van der Waals surface area contributed by atoms with Crippen molar-refractivity contribution in [3.63, 3.8) is 0 Å². The van der Waals surface area contributed by atoms with Crippen molar-refractivity contribution in [2.24, 2.45) is 5.92 Å². The van der Waals surface area contributed by atoms with Crippen LogP contribution in [0.4, 0.5) is 5.82 Å². The highest BCUT2D eigenvalue weighted by Crippen LogP contribution is 2.08. The summed E-state index contributed by atoms with van der Waals surface area (Å²) in [5, 5.41) is 3.16. The highest BCUT2D eigenvalue weighted by molar-refractivity contribution is 5.33. The molecule has 0 amide bonds. The number of H-pyrrole nitrogens is 1. The summed E-state index contributed by atoms with van der Waals surface area (Å²) in [6.07, 6.45) is 1.38. The monoisotopic (exact) mass is 211 g/mol. The van der Waals surface area contributed by atoms with Crippen molar-refractivity contribution in [1.82, 2.24) is 9.97 Å². The third-order valence-corrected chi connectivity index (χ3v) is 2.16. The predicted octanol–water partition coefficient (Wildman–Crippen LogP) is 0.853. The van der Waals surface area contributed by atoms with Crippen molar-refractivity contribution in [1.29, 1.82) is 0 Å². The molecule has 1 unspecified atom stereocenters. The normalized spacial score (nSPS) is 12.8. The van der Waals surface area contributed by atoms with Crippen molar-refractivity contribution in [2.75, 3.05) is 19.0 Å². The summed E-state index contributed by atoms with van der Waals surface area (Å²) in [6.45, 7) is 4.76. The third kappa shape index (κ3) is 3.71. The van der Waals surface area contributed by atoms with E-state index in [0.717, 1.165) is 0 Å². The molecular formula is C10H17N3O2. The van der Waals surface area contributed by atoms with E-state index >= 15 is 0 Å². The van der Waals surface area contributed by atoms with Gasteiger partial charge in [0.05, 0.1) is 19.0 Å². The Bertz CT molecular complexity index is 349. The first-order valence-corrected chi connectivity index (χ1v) is 4.93. The largest absolute Gasteiger partial charge is 0.383 e. The SMILES string of the molecule is COCC(Nc1cc(=O)[nH]cn1)C(C)C. The van der Waals surface area contributed by atoms with Crippen LogP contribution in [0.2, 0.25) is 0 Å². The smallest absolute Gasteiger partial charge is 0.252 e. The predicted molar refractivity (Wildman–Crippen MR) is 59.0 cm³/mol. The molecule has 0 bridgehead atoms. The number of nitrogens with one attached hydrogen (secondary N) is 2. The van der Waals surface area contributed by atoms with Crippen molar-refractivity contribution in [2.45, 2.75) is 19.9 Å². The molecule has 0 aliphatic carbocycles. The Morgan fingerprint density at radius 3 is 2.87 bits per heavy atom. The molecule has 15 heavy (non-hydrogen) atoms. The van der Waals surface area contributed by atoms with Crippen LogP contribution in [0, 0.1) is 5.92 Å². The van der Waals surface area contributed by atoms with Crippen LogP contribution in [0.15, 0.2) is 17.2 Å². The zero-order chi connectivity index (χ0) is 11.3. The van der Waals surface area contributed by atoms with Gasteiger partial charge in [-0.2, -0.15) is 0 Å². The van der Waals surface area contributed by atoms with Crippen LogP contribution in [0.1, 0.15) is 13.8 Å². The number of ether oxygens (including phenoxy) is 1. The maximum Gasteiger partial charge on any atom is 0.252 e. The fraction of sp³-hybridized carbons (Fsp3) is 0.600. The van der Waals surface area contributed by atoms with E-state index in [2.05, 4.69) is 29.1 Å². The molecule has 0 aliphatic rings. The highest BCUT2D eigenvalue weighted by atomic mass is 16.5. The lowest BCUT2D eigenvalue weighted by atomic mass is 10.1. The second-order valence-corrected chi connectivity index (χ2v) is 3.75. The van der Waals surface area contributed by atoms with Gasteiger partial charge in [0.25, 0.3) is 5.56 Å². The number of hydrogen-bond acceptors (Lipinski definition) is 4. The fourth-order valence-electron chi connectivity index (χ4n) is 1.22. The van der Waals surface area contributed by atoms with Gasteiger partial charge in [-0.25, -0.2) is 4.98 Å². The lowest BCUT2D eigenvalue weighted by Gasteiger charge is -2.21. The number of aromatic nitrogens is 2. The molecule has 0 fully saturated rings. The van der Waals surface area contributed by atoms with E-state index in [1.165, 1.54) is 12.4 Å². The Hall–Kier alpha value is -1.36. The molecule has 0 saturated heterocycles. The molecule has 0 aromatic carbocycles. The standard InChI is InChI=1S/C10H17N3O2/c1-7(2)8(5-15-3)13-9-4-10(14)12-6-11-9/h4,6-8H,5H2,1-3H3,(H2,11,12,13,14). The summed E-state index contributed by atoms with van der Waals surface area (Å²) in [5.41, 5.74) is -0.160. The van der Waals surface area contributed by atoms with Crippen molar-refractivity contribution >= 4 is 5.82 Å². The van der Waals surface area contributed by atoms with Gasteiger partial charge in [0, 0.05) is 13.2 Å². The van der Waals surface area contributed by atoms with Crippen LogP contribution in [-0.2, 0) is 4.74 Å². The molecule has 2 N–H and O–H groups in total. The molecule has 5 nitrogen and oxygen atoms in total. The van der Waals surface area contributed by atoms with Crippen LogP contribution >= 0.6 is 0 Å². The molecule has 0 spiro atoms. The maximum absolute atomic E-state index is 11.0. The number of aromatic amines is 1. The van der Waals surface area contributed by atoms with Gasteiger partial charge in [0.2, 0.25) is 0 Å². The average Bonchev–Trinajstić information content (AvgIpc) is 2.17. The molecule has 0 radical (unpaired) electrons. The third-order valence-electron chi connectivity index (χ3n) is 2.16. The molecule has 1 aromatic rings. The van der Waals surface area contributed by atoms with Gasteiger partial charge in [-0.15, -0.1) is 0 Å². The Kier molecular flexibility index (Phi) is 4.30. The van der Waals surface area contributed by atoms with E-state index in [-0.39, 0.29) is 11.6 Å². The van der Waals surface area contributed by atoms with E-state index in [9.17, 15) is 4.79 Å². The van der Waals surface area contributed by atoms with Crippen molar-refractivity contribution < 1.29 is 4.74 Å². The Morgan fingerprint density at radius 1 is 1.60 bits per heavy atom. The Morgan fingerprint density at radius 2 is 2.33 bits per heavy atom. The molecular weight excluding hydrogens is 194 g/mol. The molecule has 5 heteroatoms. The second kappa shape index (κ2) is 5.50. The summed E-state index contributed by atoms with van der Waals surface area (Å²) in [7, 11) is 1.66. The number of nitrogens with zero attached hydrogens (tertiary/aromatic N) is 1. The first-order chi connectivity index (χ1) is 7.13. The van der Waals surface area contributed by atoms with Gasteiger partial charge in [0.15, 0.2) is 0 Å². The summed E-state index contributed by atoms with van der Waals surface area (Å²) < 4.78 is 5.09. The highest BCUT2D eigenvalue weighted by Gasteiger charge is 2.13. The molecule has 0 aliphatic heterocycles. The van der Waals surface area contributed by atoms with E-state index in [1.807, 2.05) is 0 Å². The summed E-state index contributed by atoms with van der Waals surface area (Å²) >= 11 is 0. The maximum atomic E-state index is 11.0. The van der Waals surface area contributed by atoms with E-state index in [0.29, 0.717) is 18.3 Å². The van der Waals surface area contributed by atoms with Gasteiger partial charge < -0.3 is 15.0 Å². The molecule has 1 aromatic heterocycles. The van der Waals surface area contributed by atoms with Gasteiger partial charge in [-0.3, -0.25) is 4.79 Å². The van der Waals surface area contributed by atoms with Crippen LogP contribution in [0.3, 0.4) is 0 Å². The number of hydrogen-bond donors (Lipinski definition) is 2. The summed E-state index contributed by atoms with van der Waals surface area (Å²) in [5.74, 6) is 0.987. The minimum absolute atomic E-state index is 0.157. The number of methoxy groups -OCH3 is 1. The zero-order valence-corrected chi connectivity index (χ0v) is 9.28. The molecule has 1 heterocycles. The van der Waals surface area contributed by atoms with E-state index in [4.69, 9.17) is 4.74 Å². The average molecular weight is 211 g/mol. The lowest BCUT2D eigenvalue weighted by molar-refractivity contribution is 0.171. The molecule has 84 valence electrons. The Balaban J connectivity index is 2.69. The quantitative estimate of drug-likeness (QED) is 0.757. The van der Waals surface area contributed by atoms with Crippen LogP contribution in [0.25, 0.3) is 0 Å². The fourth-order valence-corrected chi connectivity index (χ4v) is 1.22. The van der Waals surface area contributed by atoms with Crippen LogP contribution in [-0.4, -0.2) is 29.7 Å². The zero-order valence-electron chi connectivity index (χ0n) is 9.28. The van der Waals surface area contributed by atoms with Crippen molar-refractivity contribution in [3.8, 4) is 0 Å². The lowest BCUT2D eigenvalue weighted by Crippen LogP contribution is -2.31. The first-order valence-electron chi connectivity index (χ1n) is 4.93. The number of anilines is 1. The summed E-state index contributed by atoms with van der Waals surface area (Å²) in [6, 6.07) is 1.59. The van der Waals surface area contributed by atoms with Gasteiger partial charge in [0.1, 0.15) is 5.82 Å². The number of rotatable bonds is 5. The van der Waals surface area contributed by atoms with Gasteiger partial charge in [-0.1, -0.05) is 13.8 Å². The second-order valence-electron chi connectivity index (χ2n) is 3.75. The van der Waals surface area contributed by atoms with E-state index in [1.54, 1.807) is 7.11 Å². The van der Waals surface area contributed by atoms with Gasteiger partial charge >= 0.3 is 0 Å². The van der Waals surface area contributed by atoms with Crippen LogP contribution in [0.5, 0.6) is 0 Å². The summed E-state index contributed by atoms with van der Waals surface area (Å²) in [4.78, 5) is 17.5. The molecule has 1 atom stereocenters. The van der Waals surface area contributed by atoms with E-state index < -0.39 is 0 Å². The minimum Gasteiger partial charge on any atom is -0.383 e. The molecule has 1 rings (SSSR count). The van der Waals surface area contributed by atoms with Gasteiger partial charge in [-0.05, 0) is 5.92 Å². The topological polar surface area (TPSA) is 67.0 Å². The van der Waals surface area contributed by atoms with Crippen molar-refractivity contribution in [3.05, 3.63) is 22.7 Å². The van der Waals surface area contributed by atoms with Crippen LogP contribution < -0.4 is 10.9 Å².